The number of oxazole rings is 1. The van der Waals surface area contributed by atoms with E-state index in [1.165, 1.54) is 0 Å². The lowest BCUT2D eigenvalue weighted by molar-refractivity contribution is 0.102. The van der Waals surface area contributed by atoms with Crippen molar-refractivity contribution in [3.8, 4) is 28.7 Å². The van der Waals surface area contributed by atoms with Crippen LogP contribution < -0.4 is 19.5 Å². The predicted molar refractivity (Wildman–Crippen MR) is 132 cm³/mol. The topological polar surface area (TPSA) is 82.8 Å². The van der Waals surface area contributed by atoms with E-state index < -0.39 is 0 Å². The van der Waals surface area contributed by atoms with Crippen molar-refractivity contribution in [2.75, 3.05) is 25.1 Å². The highest BCUT2D eigenvalue weighted by Crippen LogP contribution is 2.39. The molecule has 176 valence electrons. The number of rotatable bonds is 9. The van der Waals surface area contributed by atoms with Crippen molar-refractivity contribution < 1.29 is 23.4 Å². The molecular formula is C27H28N2O5. The van der Waals surface area contributed by atoms with Crippen molar-refractivity contribution in [2.24, 2.45) is 0 Å². The summed E-state index contributed by atoms with van der Waals surface area (Å²) in [6.45, 7) is 8.97. The highest BCUT2D eigenvalue weighted by molar-refractivity contribution is 6.05. The maximum atomic E-state index is 13.1. The van der Waals surface area contributed by atoms with E-state index in [4.69, 9.17) is 18.6 Å². The van der Waals surface area contributed by atoms with Crippen LogP contribution >= 0.6 is 0 Å². The van der Waals surface area contributed by atoms with Crippen molar-refractivity contribution in [1.82, 2.24) is 4.98 Å². The van der Waals surface area contributed by atoms with Gasteiger partial charge in [-0.15, -0.1) is 0 Å². The monoisotopic (exact) mass is 460 g/mol. The van der Waals surface area contributed by atoms with Gasteiger partial charge in [0.15, 0.2) is 17.1 Å². The zero-order chi connectivity index (χ0) is 24.1. The van der Waals surface area contributed by atoms with Crippen LogP contribution in [0.2, 0.25) is 0 Å². The normalized spacial score (nSPS) is 10.8. The number of benzene rings is 3. The van der Waals surface area contributed by atoms with Crippen LogP contribution in [-0.2, 0) is 0 Å². The largest absolute Gasteiger partial charge is 0.490 e. The number of carbonyl (C=O) groups excluding carboxylic acids is 1. The van der Waals surface area contributed by atoms with Gasteiger partial charge in [0.25, 0.3) is 5.91 Å². The molecule has 0 radical (unpaired) electrons. The fraction of sp³-hybridized carbons (Fsp3) is 0.259. The molecule has 1 amide bonds. The van der Waals surface area contributed by atoms with Gasteiger partial charge >= 0.3 is 0 Å². The number of ether oxygens (including phenoxy) is 3. The predicted octanol–water partition coefficient (Wildman–Crippen LogP) is 6.25. The number of nitrogens with one attached hydrogen (secondary N) is 1. The van der Waals surface area contributed by atoms with Gasteiger partial charge in [0.05, 0.1) is 19.8 Å². The van der Waals surface area contributed by atoms with Crippen molar-refractivity contribution in [3.05, 3.63) is 65.7 Å². The first-order chi connectivity index (χ1) is 16.5. The summed E-state index contributed by atoms with van der Waals surface area (Å²) in [5.74, 6) is 1.63. The molecule has 0 aliphatic carbocycles. The smallest absolute Gasteiger partial charge is 0.255 e. The maximum Gasteiger partial charge on any atom is 0.255 e. The Bertz CT molecular complexity index is 1280. The van der Waals surface area contributed by atoms with Crippen LogP contribution in [0.3, 0.4) is 0 Å². The first kappa shape index (κ1) is 23.2. The quantitative estimate of drug-likeness (QED) is 0.318. The third-order valence-corrected chi connectivity index (χ3v) is 5.08. The highest BCUT2D eigenvalue weighted by atomic mass is 16.5. The molecule has 0 fully saturated rings. The van der Waals surface area contributed by atoms with Gasteiger partial charge in [-0.25, -0.2) is 4.98 Å². The summed E-state index contributed by atoms with van der Waals surface area (Å²) in [4.78, 5) is 17.7. The van der Waals surface area contributed by atoms with Gasteiger partial charge in [0.1, 0.15) is 5.52 Å². The summed E-state index contributed by atoms with van der Waals surface area (Å²) in [5, 5.41) is 2.94. The lowest BCUT2D eigenvalue weighted by Gasteiger charge is -2.17. The number of fused-ring (bicyclic) bond motifs is 1. The van der Waals surface area contributed by atoms with Crippen molar-refractivity contribution >= 4 is 22.7 Å². The Balaban J connectivity index is 1.62. The fourth-order valence-corrected chi connectivity index (χ4v) is 3.61. The standard InChI is InChI=1S/C27H28N2O5/c1-5-31-23-15-19(16-24(32-6-2)25(23)33-7-3)26(30)28-20-10-8-9-18(14-20)27-29-21-13-17(4)11-12-22(21)34-27/h8-16H,5-7H2,1-4H3,(H,28,30). The summed E-state index contributed by atoms with van der Waals surface area (Å²) in [6.07, 6.45) is 0. The number of anilines is 1. The molecule has 0 spiro atoms. The Hall–Kier alpha value is -4.00. The van der Waals surface area contributed by atoms with Gasteiger partial charge in [-0.05, 0) is 75.7 Å². The van der Waals surface area contributed by atoms with Crippen LogP contribution in [0.5, 0.6) is 17.2 Å². The summed E-state index contributed by atoms with van der Waals surface area (Å²) in [6, 6.07) is 16.6. The third-order valence-electron chi connectivity index (χ3n) is 5.08. The second-order valence-corrected chi connectivity index (χ2v) is 7.63. The second-order valence-electron chi connectivity index (χ2n) is 7.63. The Kier molecular flexibility index (Phi) is 7.01. The van der Waals surface area contributed by atoms with E-state index in [1.807, 2.05) is 70.2 Å². The van der Waals surface area contributed by atoms with E-state index in [1.54, 1.807) is 12.1 Å². The molecule has 0 saturated carbocycles. The average Bonchev–Trinajstić information content (AvgIpc) is 3.25. The van der Waals surface area contributed by atoms with Crippen LogP contribution in [0, 0.1) is 6.92 Å². The van der Waals surface area contributed by atoms with Gasteiger partial charge < -0.3 is 23.9 Å². The van der Waals surface area contributed by atoms with Crippen molar-refractivity contribution in [3.63, 3.8) is 0 Å². The molecule has 0 aliphatic heterocycles. The Morgan fingerprint density at radius 1 is 0.912 bits per heavy atom. The lowest BCUT2D eigenvalue weighted by atomic mass is 10.1. The van der Waals surface area contributed by atoms with E-state index >= 15 is 0 Å². The molecule has 7 nitrogen and oxygen atoms in total. The van der Waals surface area contributed by atoms with E-state index in [9.17, 15) is 4.79 Å². The summed E-state index contributed by atoms with van der Waals surface area (Å²) >= 11 is 0. The van der Waals surface area contributed by atoms with Crippen LogP contribution in [0.15, 0.2) is 59.0 Å². The number of aromatic nitrogens is 1. The first-order valence-corrected chi connectivity index (χ1v) is 11.4. The molecule has 0 unspecified atom stereocenters. The SMILES string of the molecule is CCOc1cc(C(=O)Nc2cccc(-c3nc4cc(C)ccc4o3)c2)cc(OCC)c1OCC. The molecule has 1 heterocycles. The Labute approximate surface area is 198 Å². The van der Waals surface area contributed by atoms with Crippen LogP contribution in [0.1, 0.15) is 36.7 Å². The van der Waals surface area contributed by atoms with Crippen LogP contribution in [0.4, 0.5) is 5.69 Å². The molecule has 1 aromatic heterocycles. The van der Waals surface area contributed by atoms with Crippen LogP contribution in [0.25, 0.3) is 22.6 Å². The molecule has 0 atom stereocenters. The van der Waals surface area contributed by atoms with Crippen molar-refractivity contribution in [2.45, 2.75) is 27.7 Å². The number of amides is 1. The van der Waals surface area contributed by atoms with E-state index in [0.29, 0.717) is 54.2 Å². The van der Waals surface area contributed by atoms with Gasteiger partial charge in [-0.3, -0.25) is 4.79 Å². The summed E-state index contributed by atoms with van der Waals surface area (Å²) in [7, 11) is 0. The number of carbonyl (C=O) groups is 1. The maximum absolute atomic E-state index is 13.1. The first-order valence-electron chi connectivity index (χ1n) is 11.4. The molecule has 4 rings (SSSR count). The number of hydrogen-bond acceptors (Lipinski definition) is 6. The van der Waals surface area contributed by atoms with Crippen molar-refractivity contribution in [1.29, 1.82) is 0 Å². The Morgan fingerprint density at radius 3 is 2.29 bits per heavy atom. The molecule has 0 saturated heterocycles. The van der Waals surface area contributed by atoms with E-state index in [-0.39, 0.29) is 5.91 Å². The number of hydrogen-bond donors (Lipinski definition) is 1. The molecular weight excluding hydrogens is 432 g/mol. The minimum atomic E-state index is -0.296. The molecule has 4 aromatic rings. The second kappa shape index (κ2) is 10.3. The molecule has 3 aromatic carbocycles. The number of nitrogens with zero attached hydrogens (tertiary/aromatic N) is 1. The van der Waals surface area contributed by atoms with Crippen LogP contribution in [-0.4, -0.2) is 30.7 Å². The molecule has 7 heteroatoms. The molecule has 34 heavy (non-hydrogen) atoms. The average molecular weight is 461 g/mol. The van der Waals surface area contributed by atoms with Gasteiger partial charge in [0.2, 0.25) is 11.6 Å². The molecule has 0 aliphatic rings. The molecule has 1 N–H and O–H groups in total. The van der Waals surface area contributed by atoms with Gasteiger partial charge in [-0.1, -0.05) is 12.1 Å². The highest BCUT2D eigenvalue weighted by Gasteiger charge is 2.19. The van der Waals surface area contributed by atoms with E-state index in [2.05, 4.69) is 10.3 Å². The lowest BCUT2D eigenvalue weighted by Crippen LogP contribution is -2.13. The minimum absolute atomic E-state index is 0.296. The van der Waals surface area contributed by atoms with E-state index in [0.717, 1.165) is 22.2 Å². The third kappa shape index (κ3) is 4.98. The van der Waals surface area contributed by atoms with Gasteiger partial charge in [-0.2, -0.15) is 0 Å². The summed E-state index contributed by atoms with van der Waals surface area (Å²) in [5.41, 5.74) is 4.41. The van der Waals surface area contributed by atoms with Gasteiger partial charge in [0, 0.05) is 16.8 Å². The fourth-order valence-electron chi connectivity index (χ4n) is 3.61. The molecule has 0 bridgehead atoms. The zero-order valence-corrected chi connectivity index (χ0v) is 19.8. The Morgan fingerprint density at radius 2 is 1.62 bits per heavy atom. The minimum Gasteiger partial charge on any atom is -0.490 e. The zero-order valence-electron chi connectivity index (χ0n) is 19.8. The summed E-state index contributed by atoms with van der Waals surface area (Å²) < 4.78 is 23.1. The number of aryl methyl sites for hydroxylation is 1.